The molecule has 4 rings (SSSR count). The van der Waals surface area contributed by atoms with E-state index in [0.29, 0.717) is 17.5 Å². The highest BCUT2D eigenvalue weighted by Crippen LogP contribution is 2.30. The Morgan fingerprint density at radius 2 is 1.70 bits per heavy atom. The molecule has 1 aliphatic carbocycles. The minimum atomic E-state index is -0.0446. The zero-order chi connectivity index (χ0) is 21.3. The van der Waals surface area contributed by atoms with Crippen LogP contribution in [0.1, 0.15) is 54.7 Å². The number of nitrogens with one attached hydrogen (secondary N) is 1. The van der Waals surface area contributed by atoms with Crippen molar-refractivity contribution in [3.63, 3.8) is 0 Å². The number of benzene rings is 2. The van der Waals surface area contributed by atoms with Crippen LogP contribution < -0.4 is 5.32 Å². The van der Waals surface area contributed by atoms with Gasteiger partial charge in [-0.15, -0.1) is 0 Å². The van der Waals surface area contributed by atoms with Gasteiger partial charge in [-0.2, -0.15) is 0 Å². The van der Waals surface area contributed by atoms with E-state index in [1.165, 1.54) is 35.1 Å². The van der Waals surface area contributed by atoms with E-state index in [-0.39, 0.29) is 11.9 Å². The van der Waals surface area contributed by atoms with Crippen molar-refractivity contribution in [1.29, 1.82) is 0 Å². The van der Waals surface area contributed by atoms with Crippen LogP contribution in [0.4, 0.5) is 0 Å². The maximum Gasteiger partial charge on any atom is 0.270 e. The van der Waals surface area contributed by atoms with Crippen molar-refractivity contribution in [2.45, 2.75) is 53.0 Å². The second-order valence-corrected chi connectivity index (χ2v) is 8.92. The first-order valence-electron chi connectivity index (χ1n) is 10.9. The van der Waals surface area contributed by atoms with E-state index < -0.39 is 0 Å². The van der Waals surface area contributed by atoms with Gasteiger partial charge in [0, 0.05) is 11.7 Å². The molecule has 0 bridgehead atoms. The third-order valence-corrected chi connectivity index (χ3v) is 6.59. The number of hydrogen-bond acceptors (Lipinski definition) is 2. The Morgan fingerprint density at radius 1 is 1.00 bits per heavy atom. The quantitative estimate of drug-likeness (QED) is 0.608. The van der Waals surface area contributed by atoms with Gasteiger partial charge in [-0.25, -0.2) is 4.98 Å². The van der Waals surface area contributed by atoms with Crippen LogP contribution in [0.3, 0.4) is 0 Å². The standard InChI is InChI=1S/C26H31N3O/c1-17-12-18(2)14-22(13-17)21-8-10-23(11-9-21)29-16-27-15-25(29)26(30)28-24-7-5-6-19(3)20(24)4/h8-16,19-20,24H,5-7H2,1-4H3,(H,28,30)/t19-,20+,24-/m1/s1. The van der Waals surface area contributed by atoms with Gasteiger partial charge in [0.15, 0.2) is 0 Å². The van der Waals surface area contributed by atoms with Gasteiger partial charge in [0.1, 0.15) is 5.69 Å². The van der Waals surface area contributed by atoms with E-state index in [4.69, 9.17) is 0 Å². The van der Waals surface area contributed by atoms with Crippen molar-refractivity contribution in [3.8, 4) is 16.8 Å². The molecule has 0 spiro atoms. The molecular formula is C26H31N3O. The Hall–Kier alpha value is -2.88. The number of amides is 1. The van der Waals surface area contributed by atoms with E-state index in [1.807, 2.05) is 4.57 Å². The maximum atomic E-state index is 13.0. The fourth-order valence-corrected chi connectivity index (χ4v) is 4.65. The van der Waals surface area contributed by atoms with Gasteiger partial charge in [-0.3, -0.25) is 9.36 Å². The SMILES string of the molecule is Cc1cc(C)cc(-c2ccc(-n3cncc3C(=O)N[C@@H]3CCC[C@@H](C)[C@@H]3C)cc2)c1. The topological polar surface area (TPSA) is 46.9 Å². The van der Waals surface area contributed by atoms with Crippen LogP contribution in [-0.4, -0.2) is 21.5 Å². The number of imidazole rings is 1. The van der Waals surface area contributed by atoms with Gasteiger partial charge >= 0.3 is 0 Å². The second kappa shape index (κ2) is 8.47. The smallest absolute Gasteiger partial charge is 0.270 e. The van der Waals surface area contributed by atoms with Crippen molar-refractivity contribution in [1.82, 2.24) is 14.9 Å². The first-order valence-corrected chi connectivity index (χ1v) is 10.9. The molecule has 1 N–H and O–H groups in total. The predicted octanol–water partition coefficient (Wildman–Crippen LogP) is 5.71. The van der Waals surface area contributed by atoms with Crippen LogP contribution in [0.25, 0.3) is 16.8 Å². The maximum absolute atomic E-state index is 13.0. The number of aromatic nitrogens is 2. The van der Waals surface area contributed by atoms with Crippen molar-refractivity contribution in [2.24, 2.45) is 11.8 Å². The summed E-state index contributed by atoms with van der Waals surface area (Å²) in [7, 11) is 0. The minimum Gasteiger partial charge on any atom is -0.348 e. The lowest BCUT2D eigenvalue weighted by molar-refractivity contribution is 0.0884. The van der Waals surface area contributed by atoms with E-state index in [0.717, 1.165) is 12.1 Å². The van der Waals surface area contributed by atoms with Gasteiger partial charge in [-0.1, -0.05) is 68.1 Å². The lowest BCUT2D eigenvalue weighted by atomic mass is 9.78. The summed E-state index contributed by atoms with van der Waals surface area (Å²) >= 11 is 0. The molecule has 4 heteroatoms. The van der Waals surface area contributed by atoms with Crippen molar-refractivity contribution in [2.75, 3.05) is 0 Å². The largest absolute Gasteiger partial charge is 0.348 e. The summed E-state index contributed by atoms with van der Waals surface area (Å²) in [5.74, 6) is 1.10. The molecule has 156 valence electrons. The van der Waals surface area contributed by atoms with Crippen LogP contribution in [-0.2, 0) is 0 Å². The normalized spacial score (nSPS) is 21.4. The van der Waals surface area contributed by atoms with Gasteiger partial charge in [0.25, 0.3) is 5.91 Å². The van der Waals surface area contributed by atoms with Gasteiger partial charge < -0.3 is 5.32 Å². The number of nitrogens with zero attached hydrogens (tertiary/aromatic N) is 2. The summed E-state index contributed by atoms with van der Waals surface area (Å²) < 4.78 is 1.87. The zero-order valence-corrected chi connectivity index (χ0v) is 18.4. The van der Waals surface area contributed by atoms with Crippen molar-refractivity contribution < 1.29 is 4.79 Å². The third-order valence-electron chi connectivity index (χ3n) is 6.59. The predicted molar refractivity (Wildman–Crippen MR) is 122 cm³/mol. The molecule has 2 aromatic carbocycles. The van der Waals surface area contributed by atoms with E-state index in [2.05, 4.69) is 80.5 Å². The fourth-order valence-electron chi connectivity index (χ4n) is 4.65. The lowest BCUT2D eigenvalue weighted by Gasteiger charge is -2.34. The monoisotopic (exact) mass is 401 g/mol. The molecule has 0 aliphatic heterocycles. The summed E-state index contributed by atoms with van der Waals surface area (Å²) in [6.07, 6.45) is 6.85. The molecular weight excluding hydrogens is 370 g/mol. The summed E-state index contributed by atoms with van der Waals surface area (Å²) in [5.41, 5.74) is 6.42. The Balaban J connectivity index is 1.54. The molecule has 4 nitrogen and oxygen atoms in total. The number of carbonyl (C=O) groups excluding carboxylic acids is 1. The molecule has 3 aromatic rings. The molecule has 30 heavy (non-hydrogen) atoms. The third kappa shape index (κ3) is 4.18. The van der Waals surface area contributed by atoms with Gasteiger partial charge in [0.05, 0.1) is 12.5 Å². The first-order chi connectivity index (χ1) is 14.4. The van der Waals surface area contributed by atoms with Crippen LogP contribution in [0, 0.1) is 25.7 Å². The Labute approximate surface area is 179 Å². The average Bonchev–Trinajstić information content (AvgIpc) is 3.21. The molecule has 1 heterocycles. The number of hydrogen-bond donors (Lipinski definition) is 1. The molecule has 1 fully saturated rings. The van der Waals surface area contributed by atoms with E-state index in [1.54, 1.807) is 12.5 Å². The van der Waals surface area contributed by atoms with Gasteiger partial charge in [0.2, 0.25) is 0 Å². The molecule has 0 unspecified atom stereocenters. The Bertz CT molecular complexity index is 1010. The highest BCUT2D eigenvalue weighted by atomic mass is 16.2. The Morgan fingerprint density at radius 3 is 2.40 bits per heavy atom. The van der Waals surface area contributed by atoms with Crippen molar-refractivity contribution >= 4 is 5.91 Å². The lowest BCUT2D eigenvalue weighted by Crippen LogP contribution is -2.44. The second-order valence-electron chi connectivity index (χ2n) is 8.92. The molecule has 1 saturated carbocycles. The molecule has 3 atom stereocenters. The first kappa shape index (κ1) is 20.4. The minimum absolute atomic E-state index is 0.0446. The van der Waals surface area contributed by atoms with Crippen LogP contribution in [0.2, 0.25) is 0 Å². The van der Waals surface area contributed by atoms with E-state index in [9.17, 15) is 4.79 Å². The highest BCUT2D eigenvalue weighted by molar-refractivity contribution is 5.93. The van der Waals surface area contributed by atoms with Crippen LogP contribution >= 0.6 is 0 Å². The molecule has 1 aliphatic rings. The van der Waals surface area contributed by atoms with E-state index >= 15 is 0 Å². The fraction of sp³-hybridized carbons (Fsp3) is 0.385. The summed E-state index contributed by atoms with van der Waals surface area (Å²) in [6.45, 7) is 8.77. The summed E-state index contributed by atoms with van der Waals surface area (Å²) in [4.78, 5) is 17.3. The molecule has 0 saturated heterocycles. The van der Waals surface area contributed by atoms with Gasteiger partial charge in [-0.05, 0) is 55.4 Å². The number of aryl methyl sites for hydroxylation is 2. The van der Waals surface area contributed by atoms with Crippen LogP contribution in [0.15, 0.2) is 55.0 Å². The highest BCUT2D eigenvalue weighted by Gasteiger charge is 2.29. The molecule has 1 amide bonds. The number of carbonyl (C=O) groups is 1. The Kier molecular flexibility index (Phi) is 5.76. The number of rotatable bonds is 4. The average molecular weight is 402 g/mol. The molecule has 1 aromatic heterocycles. The van der Waals surface area contributed by atoms with Crippen LogP contribution in [0.5, 0.6) is 0 Å². The van der Waals surface area contributed by atoms with Crippen molar-refractivity contribution in [3.05, 3.63) is 71.8 Å². The summed E-state index contributed by atoms with van der Waals surface area (Å²) in [6, 6.07) is 15.1. The summed E-state index contributed by atoms with van der Waals surface area (Å²) in [5, 5.41) is 3.26. The zero-order valence-electron chi connectivity index (χ0n) is 18.4. The molecule has 0 radical (unpaired) electrons.